The van der Waals surface area contributed by atoms with Gasteiger partial charge in [0.2, 0.25) is 0 Å². The van der Waals surface area contributed by atoms with Gasteiger partial charge >= 0.3 is 57.4 Å². The maximum Gasteiger partial charge on any atom is 1.00 e. The Hall–Kier alpha value is 0.276. The van der Waals surface area contributed by atoms with Crippen LogP contribution in [0.25, 0.3) is 0 Å². The molecule has 2 N–H and O–H groups in total. The molecule has 4 aliphatic rings. The van der Waals surface area contributed by atoms with Gasteiger partial charge in [0, 0.05) is 5.97 Å². The van der Waals surface area contributed by atoms with E-state index in [1.54, 1.807) is 5.57 Å². The summed E-state index contributed by atoms with van der Waals surface area (Å²) in [7, 11) is 0. The molecule has 3 fully saturated rings. The molecule has 206 valence electrons. The zero-order chi connectivity index (χ0) is 26.7. The molecule has 0 aliphatic heterocycles. The van der Waals surface area contributed by atoms with Crippen LogP contribution in [0.15, 0.2) is 11.6 Å². The molecule has 8 atom stereocenters. The number of hydrogen-bond acceptors (Lipinski definition) is 4. The number of carboxylic acids is 2. The Bertz CT molecular complexity index is 795. The monoisotopic (exact) mass is 542 g/mol. The third-order valence-corrected chi connectivity index (χ3v) is 10.8. The number of fused-ring (bicyclic) bond motifs is 5. The molecular weight excluding hydrogens is 491 g/mol. The summed E-state index contributed by atoms with van der Waals surface area (Å²) in [4.78, 5) is 19.1. The smallest absolute Gasteiger partial charge is 0.550 e. The first-order chi connectivity index (χ1) is 16.9. The van der Waals surface area contributed by atoms with Crippen LogP contribution in [0, 0.1) is 46.3 Å². The Morgan fingerprint density at radius 1 is 1.03 bits per heavy atom. The summed E-state index contributed by atoms with van der Waals surface area (Å²) in [6, 6.07) is 0. The van der Waals surface area contributed by atoms with Crippen LogP contribution in [0.3, 0.4) is 0 Å². The minimum Gasteiger partial charge on any atom is -0.550 e. The van der Waals surface area contributed by atoms with E-state index in [1.165, 1.54) is 57.8 Å². The summed E-state index contributed by atoms with van der Waals surface area (Å²) >= 11 is 0. The van der Waals surface area contributed by atoms with Crippen molar-refractivity contribution in [2.24, 2.45) is 46.3 Å². The molecule has 6 heteroatoms. The average molecular weight is 543 g/mol. The molecule has 4 aliphatic carbocycles. The Morgan fingerprint density at radius 2 is 1.73 bits per heavy atom. The summed E-state index contributed by atoms with van der Waals surface area (Å²) in [6.07, 6.45) is 16.4. The molecule has 0 bridgehead atoms. The molecule has 5 nitrogen and oxygen atoms in total. The molecule has 0 aromatic heterocycles. The van der Waals surface area contributed by atoms with Gasteiger partial charge in [-0.3, -0.25) is 4.79 Å². The van der Waals surface area contributed by atoms with Gasteiger partial charge in [-0.05, 0) is 104 Å². The number of hydrogen-bond donors (Lipinski definition) is 2. The standard InChI is InChI=1S/C27H46O.C4H6O4.K/c1-18(2)7-6-8-19(3)23-11-12-24-22-10-9-20-17-21(28)13-15-26(20,4)25(22)14-16-27(23,24)5;5-3(6)1-2-4(7)8;/h9,18-19,21-25,28H,6-8,10-17H2,1-5H3;1-2H2,(H,5,6)(H,7,8);/q;;+1/p-1/t19-,21?,22?,23-,24?,25?,26+,27-;;/m1../s1. The summed E-state index contributed by atoms with van der Waals surface area (Å²) in [5.41, 5.74) is 2.60. The van der Waals surface area contributed by atoms with Crippen molar-refractivity contribution in [3.8, 4) is 0 Å². The van der Waals surface area contributed by atoms with Crippen LogP contribution in [0.5, 0.6) is 0 Å². The second-order valence-corrected chi connectivity index (χ2v) is 13.5. The minimum absolute atomic E-state index is 0. The van der Waals surface area contributed by atoms with Gasteiger partial charge in [0.05, 0.1) is 12.5 Å². The molecule has 0 spiro atoms. The molecule has 0 heterocycles. The van der Waals surface area contributed by atoms with Gasteiger partial charge < -0.3 is 20.1 Å². The molecular formula is C31H51KO5. The first-order valence-corrected chi connectivity index (χ1v) is 14.7. The van der Waals surface area contributed by atoms with Crippen molar-refractivity contribution >= 4 is 11.9 Å². The van der Waals surface area contributed by atoms with Crippen LogP contribution < -0.4 is 56.5 Å². The van der Waals surface area contributed by atoms with E-state index in [4.69, 9.17) is 5.11 Å². The van der Waals surface area contributed by atoms with E-state index >= 15 is 0 Å². The molecule has 0 aromatic rings. The largest absolute Gasteiger partial charge is 1.00 e. The van der Waals surface area contributed by atoms with Crippen LogP contribution in [-0.2, 0) is 9.59 Å². The molecule has 0 aromatic carbocycles. The summed E-state index contributed by atoms with van der Waals surface area (Å²) in [5, 5.41) is 27.6. The fraction of sp³-hybridized carbons (Fsp3) is 0.871. The Balaban J connectivity index is 0.000000467. The van der Waals surface area contributed by atoms with Crippen molar-refractivity contribution in [2.45, 2.75) is 124 Å². The van der Waals surface area contributed by atoms with Crippen molar-refractivity contribution in [3.05, 3.63) is 11.6 Å². The third-order valence-electron chi connectivity index (χ3n) is 10.8. The van der Waals surface area contributed by atoms with E-state index in [2.05, 4.69) is 40.7 Å². The fourth-order valence-corrected chi connectivity index (χ4v) is 8.88. The van der Waals surface area contributed by atoms with Crippen LogP contribution in [0.2, 0.25) is 0 Å². The van der Waals surface area contributed by atoms with Gasteiger partial charge in [0.25, 0.3) is 0 Å². The Labute approximate surface area is 268 Å². The van der Waals surface area contributed by atoms with E-state index in [0.29, 0.717) is 10.8 Å². The first-order valence-electron chi connectivity index (χ1n) is 14.7. The number of rotatable bonds is 8. The number of aliphatic hydroxyl groups is 1. The third kappa shape index (κ3) is 7.94. The van der Waals surface area contributed by atoms with Gasteiger partial charge in [0.15, 0.2) is 0 Å². The molecule has 3 saturated carbocycles. The summed E-state index contributed by atoms with van der Waals surface area (Å²) in [6.45, 7) is 12.6. The zero-order valence-corrected chi connectivity index (χ0v) is 27.6. The van der Waals surface area contributed by atoms with Gasteiger partial charge in [-0.2, -0.15) is 0 Å². The molecule has 4 rings (SSSR count). The van der Waals surface area contributed by atoms with Crippen molar-refractivity contribution < 1.29 is 76.3 Å². The first kappa shape index (κ1) is 33.5. The van der Waals surface area contributed by atoms with Crippen molar-refractivity contribution in [2.75, 3.05) is 0 Å². The number of aliphatic carboxylic acids is 2. The quantitative estimate of drug-likeness (QED) is 0.363. The topological polar surface area (TPSA) is 97.7 Å². The number of carbonyl (C=O) groups is 2. The van der Waals surface area contributed by atoms with Crippen LogP contribution in [-0.4, -0.2) is 28.3 Å². The normalized spacial score (nSPS) is 37.1. The van der Waals surface area contributed by atoms with E-state index < -0.39 is 18.4 Å². The molecule has 0 amide bonds. The molecule has 0 radical (unpaired) electrons. The van der Waals surface area contributed by atoms with Gasteiger partial charge in [-0.15, -0.1) is 0 Å². The SMILES string of the molecule is CC(C)CCC[C@@H](C)[C@H]1CCC2C3CC=C4CC(O)CC[C@]4(C)C3CC[C@@]21C.O=C([O-])CCC(=O)O.[K+]. The average Bonchev–Trinajstić information content (AvgIpc) is 3.15. The second kappa shape index (κ2) is 14.3. The van der Waals surface area contributed by atoms with E-state index in [-0.39, 0.29) is 63.9 Å². The zero-order valence-electron chi connectivity index (χ0n) is 24.4. The van der Waals surface area contributed by atoms with Crippen LogP contribution in [0.4, 0.5) is 0 Å². The van der Waals surface area contributed by atoms with Crippen molar-refractivity contribution in [1.29, 1.82) is 0 Å². The Morgan fingerprint density at radius 3 is 2.32 bits per heavy atom. The van der Waals surface area contributed by atoms with Crippen LogP contribution >= 0.6 is 0 Å². The fourth-order valence-electron chi connectivity index (χ4n) is 8.88. The van der Waals surface area contributed by atoms with E-state index in [1.807, 2.05) is 0 Å². The molecule has 0 saturated heterocycles. The predicted octanol–water partition coefficient (Wildman–Crippen LogP) is 2.99. The van der Waals surface area contributed by atoms with Gasteiger partial charge in [-0.25, -0.2) is 0 Å². The van der Waals surface area contributed by atoms with Gasteiger partial charge in [0.1, 0.15) is 0 Å². The van der Waals surface area contributed by atoms with Crippen molar-refractivity contribution in [1.82, 2.24) is 0 Å². The van der Waals surface area contributed by atoms with Crippen molar-refractivity contribution in [3.63, 3.8) is 0 Å². The Kier molecular flexibility index (Phi) is 12.9. The van der Waals surface area contributed by atoms with Crippen LogP contribution in [0.1, 0.15) is 118 Å². The summed E-state index contributed by atoms with van der Waals surface area (Å²) < 4.78 is 0. The number of aliphatic hydroxyl groups excluding tert-OH is 1. The maximum atomic E-state index is 10.2. The molecule has 37 heavy (non-hydrogen) atoms. The molecule has 4 unspecified atom stereocenters. The van der Waals surface area contributed by atoms with E-state index in [0.717, 1.165) is 48.3 Å². The maximum absolute atomic E-state index is 10.2. The number of carbonyl (C=O) groups excluding carboxylic acids is 1. The van der Waals surface area contributed by atoms with E-state index in [9.17, 15) is 19.8 Å². The minimum atomic E-state index is -1.33. The predicted molar refractivity (Wildman–Crippen MR) is 141 cm³/mol. The number of allylic oxidation sites excluding steroid dienone is 1. The van der Waals surface area contributed by atoms with Gasteiger partial charge in [-0.1, -0.05) is 65.5 Å². The number of carboxylic acid groups (broad SMARTS) is 2. The second-order valence-electron chi connectivity index (χ2n) is 13.5. The summed E-state index contributed by atoms with van der Waals surface area (Å²) in [5.74, 6) is 3.01.